The lowest BCUT2D eigenvalue weighted by atomic mass is 9.75. The highest BCUT2D eigenvalue weighted by molar-refractivity contribution is 5.56. The first-order chi connectivity index (χ1) is 13.5. The number of phenols is 2. The van der Waals surface area contributed by atoms with E-state index in [0.717, 1.165) is 39.3 Å². The summed E-state index contributed by atoms with van der Waals surface area (Å²) in [6, 6.07) is 17.5. The summed E-state index contributed by atoms with van der Waals surface area (Å²) in [5.41, 5.74) is 4.81. The number of hydrogen-bond acceptors (Lipinski definition) is 4. The molecule has 4 nitrogen and oxygen atoms in total. The second kappa shape index (κ2) is 7.12. The molecule has 0 spiro atoms. The summed E-state index contributed by atoms with van der Waals surface area (Å²) in [4.78, 5) is 0. The first-order valence-corrected chi connectivity index (χ1v) is 9.38. The van der Waals surface area contributed by atoms with Crippen molar-refractivity contribution >= 4 is 0 Å². The van der Waals surface area contributed by atoms with Gasteiger partial charge in [0.15, 0.2) is 0 Å². The van der Waals surface area contributed by atoms with Gasteiger partial charge in [0.05, 0.1) is 13.7 Å². The SMILES string of the molecule is COc1ccc(C2c3ccc(O)c(C)c3OCC2c2ccc(C)c(O)c2)cc1. The molecular weight excluding hydrogens is 352 g/mol. The van der Waals surface area contributed by atoms with Crippen LogP contribution in [0.25, 0.3) is 0 Å². The van der Waals surface area contributed by atoms with Crippen LogP contribution in [0.4, 0.5) is 0 Å². The molecule has 0 saturated heterocycles. The minimum atomic E-state index is 0.0380. The molecule has 1 aliphatic heterocycles. The highest BCUT2D eigenvalue weighted by Gasteiger charge is 2.35. The quantitative estimate of drug-likeness (QED) is 0.673. The maximum atomic E-state index is 10.2. The number of fused-ring (bicyclic) bond motifs is 1. The van der Waals surface area contributed by atoms with E-state index in [1.165, 1.54) is 0 Å². The summed E-state index contributed by atoms with van der Waals surface area (Å²) in [6.07, 6.45) is 0. The molecule has 2 atom stereocenters. The Kier molecular flexibility index (Phi) is 4.63. The first-order valence-electron chi connectivity index (χ1n) is 9.38. The minimum absolute atomic E-state index is 0.0380. The van der Waals surface area contributed by atoms with E-state index in [2.05, 4.69) is 18.2 Å². The normalized spacial score (nSPS) is 18.2. The van der Waals surface area contributed by atoms with E-state index in [-0.39, 0.29) is 17.6 Å². The largest absolute Gasteiger partial charge is 0.508 e. The van der Waals surface area contributed by atoms with Crippen molar-refractivity contribution in [3.05, 3.63) is 82.4 Å². The maximum Gasteiger partial charge on any atom is 0.129 e. The monoisotopic (exact) mass is 376 g/mol. The maximum absolute atomic E-state index is 10.2. The zero-order valence-electron chi connectivity index (χ0n) is 16.3. The molecule has 0 aliphatic carbocycles. The second-order valence-electron chi connectivity index (χ2n) is 7.34. The molecule has 0 saturated carbocycles. The van der Waals surface area contributed by atoms with Crippen molar-refractivity contribution in [1.82, 2.24) is 0 Å². The lowest BCUT2D eigenvalue weighted by Gasteiger charge is -2.35. The fourth-order valence-electron chi connectivity index (χ4n) is 3.99. The fourth-order valence-corrected chi connectivity index (χ4v) is 3.99. The van der Waals surface area contributed by atoms with E-state index in [1.54, 1.807) is 13.2 Å². The summed E-state index contributed by atoms with van der Waals surface area (Å²) in [5.74, 6) is 2.15. The van der Waals surface area contributed by atoms with Gasteiger partial charge in [0, 0.05) is 23.0 Å². The standard InChI is InChI=1S/C24H24O4/c1-14-4-5-17(12-22(14)26)20-13-28-24-15(2)21(25)11-10-19(24)23(20)16-6-8-18(27-3)9-7-16/h4-12,20,23,25-26H,13H2,1-3H3. The van der Waals surface area contributed by atoms with Crippen molar-refractivity contribution in [3.8, 4) is 23.0 Å². The average Bonchev–Trinajstić information content (AvgIpc) is 2.72. The minimum Gasteiger partial charge on any atom is -0.508 e. The van der Waals surface area contributed by atoms with Gasteiger partial charge in [-0.3, -0.25) is 0 Å². The number of benzene rings is 3. The van der Waals surface area contributed by atoms with Crippen LogP contribution in [0, 0.1) is 13.8 Å². The van der Waals surface area contributed by atoms with Gasteiger partial charge in [0.1, 0.15) is 23.0 Å². The van der Waals surface area contributed by atoms with Crippen LogP contribution < -0.4 is 9.47 Å². The number of aromatic hydroxyl groups is 2. The van der Waals surface area contributed by atoms with Gasteiger partial charge in [-0.2, -0.15) is 0 Å². The fraction of sp³-hybridized carbons (Fsp3) is 0.250. The smallest absolute Gasteiger partial charge is 0.129 e. The molecule has 0 radical (unpaired) electrons. The summed E-state index contributed by atoms with van der Waals surface area (Å²) >= 11 is 0. The number of rotatable bonds is 3. The molecule has 1 heterocycles. The topological polar surface area (TPSA) is 58.9 Å². The average molecular weight is 376 g/mol. The molecule has 0 amide bonds. The number of hydrogen-bond donors (Lipinski definition) is 2. The molecule has 144 valence electrons. The third kappa shape index (κ3) is 3.05. The van der Waals surface area contributed by atoms with Crippen molar-refractivity contribution in [2.75, 3.05) is 13.7 Å². The number of methoxy groups -OCH3 is 1. The number of ether oxygens (including phenoxy) is 2. The predicted molar refractivity (Wildman–Crippen MR) is 109 cm³/mol. The third-order valence-electron chi connectivity index (χ3n) is 5.69. The molecule has 2 unspecified atom stereocenters. The molecular formula is C24H24O4. The summed E-state index contributed by atoms with van der Waals surface area (Å²) in [7, 11) is 1.66. The highest BCUT2D eigenvalue weighted by Crippen LogP contribution is 2.49. The van der Waals surface area contributed by atoms with Crippen LogP contribution in [0.15, 0.2) is 54.6 Å². The molecule has 4 heteroatoms. The lowest BCUT2D eigenvalue weighted by Crippen LogP contribution is -2.25. The molecule has 3 aromatic rings. The Hall–Kier alpha value is -3.14. The summed E-state index contributed by atoms with van der Waals surface area (Å²) in [6.45, 7) is 4.23. The Labute approximate surface area is 165 Å². The highest BCUT2D eigenvalue weighted by atomic mass is 16.5. The molecule has 0 aromatic heterocycles. The number of phenolic OH excluding ortho intramolecular Hbond substituents is 2. The van der Waals surface area contributed by atoms with Crippen LogP contribution in [0.1, 0.15) is 39.7 Å². The van der Waals surface area contributed by atoms with Gasteiger partial charge >= 0.3 is 0 Å². The first kappa shape index (κ1) is 18.2. The van der Waals surface area contributed by atoms with Crippen LogP contribution in [-0.4, -0.2) is 23.9 Å². The molecule has 1 aliphatic rings. The second-order valence-corrected chi connectivity index (χ2v) is 7.34. The third-order valence-corrected chi connectivity index (χ3v) is 5.69. The van der Waals surface area contributed by atoms with Crippen molar-refractivity contribution < 1.29 is 19.7 Å². The Morgan fingerprint density at radius 1 is 0.893 bits per heavy atom. The van der Waals surface area contributed by atoms with Crippen molar-refractivity contribution in [1.29, 1.82) is 0 Å². The Morgan fingerprint density at radius 2 is 1.61 bits per heavy atom. The van der Waals surface area contributed by atoms with Gasteiger partial charge in [-0.1, -0.05) is 30.3 Å². The van der Waals surface area contributed by atoms with E-state index in [9.17, 15) is 10.2 Å². The van der Waals surface area contributed by atoms with Gasteiger partial charge in [0.2, 0.25) is 0 Å². The van der Waals surface area contributed by atoms with Crippen LogP contribution in [0.5, 0.6) is 23.0 Å². The van der Waals surface area contributed by atoms with E-state index in [1.807, 2.05) is 44.2 Å². The lowest BCUT2D eigenvalue weighted by molar-refractivity contribution is 0.245. The zero-order valence-corrected chi connectivity index (χ0v) is 16.3. The van der Waals surface area contributed by atoms with Gasteiger partial charge < -0.3 is 19.7 Å². The van der Waals surface area contributed by atoms with Crippen LogP contribution in [0.3, 0.4) is 0 Å². The van der Waals surface area contributed by atoms with Crippen molar-refractivity contribution in [3.63, 3.8) is 0 Å². The van der Waals surface area contributed by atoms with Crippen LogP contribution >= 0.6 is 0 Å². The summed E-state index contributed by atoms with van der Waals surface area (Å²) < 4.78 is 11.4. The van der Waals surface area contributed by atoms with Crippen molar-refractivity contribution in [2.45, 2.75) is 25.7 Å². The summed E-state index contributed by atoms with van der Waals surface area (Å²) in [5, 5.41) is 20.4. The van der Waals surface area contributed by atoms with E-state index in [4.69, 9.17) is 9.47 Å². The molecule has 3 aromatic carbocycles. The van der Waals surface area contributed by atoms with E-state index >= 15 is 0 Å². The van der Waals surface area contributed by atoms with Gasteiger partial charge in [0.25, 0.3) is 0 Å². The predicted octanol–water partition coefficient (Wildman–Crippen LogP) is 5.03. The molecule has 0 fully saturated rings. The van der Waals surface area contributed by atoms with E-state index in [0.29, 0.717) is 12.4 Å². The Bertz CT molecular complexity index is 1010. The van der Waals surface area contributed by atoms with Gasteiger partial charge in [-0.05, 0) is 54.8 Å². The molecule has 0 bridgehead atoms. The Morgan fingerprint density at radius 3 is 2.29 bits per heavy atom. The van der Waals surface area contributed by atoms with E-state index < -0.39 is 0 Å². The molecule has 4 rings (SSSR count). The molecule has 28 heavy (non-hydrogen) atoms. The van der Waals surface area contributed by atoms with Gasteiger partial charge in [-0.15, -0.1) is 0 Å². The van der Waals surface area contributed by atoms with Crippen molar-refractivity contribution in [2.24, 2.45) is 0 Å². The molecule has 2 N–H and O–H groups in total. The van der Waals surface area contributed by atoms with Gasteiger partial charge in [-0.25, -0.2) is 0 Å². The van der Waals surface area contributed by atoms with Crippen LogP contribution in [0.2, 0.25) is 0 Å². The van der Waals surface area contributed by atoms with Crippen LogP contribution in [-0.2, 0) is 0 Å². The Balaban J connectivity index is 1.87. The zero-order chi connectivity index (χ0) is 19.8. The number of aryl methyl sites for hydroxylation is 1.